The first-order valence-corrected chi connectivity index (χ1v) is 9.16. The van der Waals surface area contributed by atoms with E-state index in [2.05, 4.69) is 39.9 Å². The highest BCUT2D eigenvalue weighted by Gasteiger charge is 2.22. The van der Waals surface area contributed by atoms with Crippen molar-refractivity contribution in [2.75, 3.05) is 36.0 Å². The average molecular weight is 376 g/mol. The number of hydrogen-bond donors (Lipinski definition) is 0. The molecule has 0 radical (unpaired) electrons. The Hall–Kier alpha value is -3.56. The molecule has 10 nitrogen and oxygen atoms in total. The molecule has 5 rings (SSSR count). The van der Waals surface area contributed by atoms with Crippen molar-refractivity contribution >= 4 is 22.7 Å². The lowest BCUT2D eigenvalue weighted by atomic mass is 10.2. The molecule has 0 unspecified atom stereocenters. The second-order valence-corrected chi connectivity index (χ2v) is 6.81. The second kappa shape index (κ2) is 6.55. The Labute approximate surface area is 161 Å². The molecule has 0 aromatic carbocycles. The highest BCUT2D eigenvalue weighted by atomic mass is 15.3. The molecular formula is C18H20N10. The van der Waals surface area contributed by atoms with Gasteiger partial charge in [0.15, 0.2) is 11.5 Å². The van der Waals surface area contributed by atoms with Crippen molar-refractivity contribution in [2.45, 2.75) is 6.92 Å². The molecule has 10 heteroatoms. The van der Waals surface area contributed by atoms with E-state index >= 15 is 0 Å². The lowest BCUT2D eigenvalue weighted by Gasteiger charge is -2.36. The van der Waals surface area contributed by atoms with Crippen LogP contribution in [0.3, 0.4) is 0 Å². The number of hydrogen-bond acceptors (Lipinski definition) is 8. The highest BCUT2D eigenvalue weighted by molar-refractivity contribution is 5.86. The van der Waals surface area contributed by atoms with E-state index in [4.69, 9.17) is 0 Å². The van der Waals surface area contributed by atoms with Crippen LogP contribution in [0.15, 0.2) is 37.2 Å². The summed E-state index contributed by atoms with van der Waals surface area (Å²) in [4.78, 5) is 22.2. The summed E-state index contributed by atoms with van der Waals surface area (Å²) in [6, 6.07) is 3.94. The third kappa shape index (κ3) is 2.82. The van der Waals surface area contributed by atoms with Gasteiger partial charge in [0.2, 0.25) is 0 Å². The standard InChI is InChI=1S/C18H20N10/c1-13-3-4-28(24-13)16-9-15(19-11-20-16)26-5-7-27(8-6-26)18-14-10-23-25(2)17(14)21-12-22-18/h3-4,9-12H,5-8H2,1-2H3. The maximum atomic E-state index is 4.50. The summed E-state index contributed by atoms with van der Waals surface area (Å²) >= 11 is 0. The molecule has 142 valence electrons. The second-order valence-electron chi connectivity index (χ2n) is 6.81. The predicted octanol–water partition coefficient (Wildman–Crippen LogP) is 0.974. The van der Waals surface area contributed by atoms with E-state index < -0.39 is 0 Å². The number of aromatic nitrogens is 8. The van der Waals surface area contributed by atoms with Crippen molar-refractivity contribution in [3.05, 3.63) is 42.9 Å². The van der Waals surface area contributed by atoms with E-state index in [-0.39, 0.29) is 0 Å². The minimum Gasteiger partial charge on any atom is -0.353 e. The summed E-state index contributed by atoms with van der Waals surface area (Å²) in [5, 5.41) is 9.72. The molecule has 0 amide bonds. The van der Waals surface area contributed by atoms with Crippen LogP contribution in [-0.4, -0.2) is 65.7 Å². The largest absolute Gasteiger partial charge is 0.353 e. The molecule has 28 heavy (non-hydrogen) atoms. The molecule has 5 heterocycles. The van der Waals surface area contributed by atoms with Crippen LogP contribution in [0.2, 0.25) is 0 Å². The van der Waals surface area contributed by atoms with Gasteiger partial charge in [0, 0.05) is 45.5 Å². The summed E-state index contributed by atoms with van der Waals surface area (Å²) in [5.41, 5.74) is 1.81. The van der Waals surface area contributed by atoms with Crippen LogP contribution in [0.4, 0.5) is 11.6 Å². The van der Waals surface area contributed by atoms with Crippen molar-refractivity contribution in [1.82, 2.24) is 39.5 Å². The van der Waals surface area contributed by atoms with Crippen molar-refractivity contribution in [3.63, 3.8) is 0 Å². The number of fused-ring (bicyclic) bond motifs is 1. The Morgan fingerprint density at radius 3 is 2.43 bits per heavy atom. The Morgan fingerprint density at radius 2 is 1.64 bits per heavy atom. The molecule has 0 bridgehead atoms. The minimum absolute atomic E-state index is 0.772. The zero-order chi connectivity index (χ0) is 19.1. The highest BCUT2D eigenvalue weighted by Crippen LogP contribution is 2.24. The molecule has 1 aliphatic heterocycles. The van der Waals surface area contributed by atoms with E-state index in [0.717, 1.165) is 60.4 Å². The Kier molecular flexibility index (Phi) is 3.89. The fourth-order valence-corrected chi connectivity index (χ4v) is 3.53. The van der Waals surface area contributed by atoms with Gasteiger partial charge in [-0.3, -0.25) is 4.68 Å². The topological polar surface area (TPSA) is 93.7 Å². The van der Waals surface area contributed by atoms with Crippen LogP contribution < -0.4 is 9.80 Å². The zero-order valence-corrected chi connectivity index (χ0v) is 15.8. The van der Waals surface area contributed by atoms with Crippen LogP contribution in [0.5, 0.6) is 0 Å². The Morgan fingerprint density at radius 1 is 0.893 bits per heavy atom. The lowest BCUT2D eigenvalue weighted by molar-refractivity contribution is 0.641. The van der Waals surface area contributed by atoms with Crippen LogP contribution in [0, 0.1) is 6.92 Å². The van der Waals surface area contributed by atoms with Crippen molar-refractivity contribution in [3.8, 4) is 5.82 Å². The molecule has 0 spiro atoms. The summed E-state index contributed by atoms with van der Waals surface area (Å²) in [5.74, 6) is 2.62. The zero-order valence-electron chi connectivity index (χ0n) is 15.8. The van der Waals surface area contributed by atoms with Gasteiger partial charge in [0.25, 0.3) is 0 Å². The normalized spacial score (nSPS) is 14.8. The van der Waals surface area contributed by atoms with Gasteiger partial charge in [0.1, 0.15) is 24.3 Å². The Balaban J connectivity index is 1.35. The number of nitrogens with zero attached hydrogens (tertiary/aromatic N) is 10. The lowest BCUT2D eigenvalue weighted by Crippen LogP contribution is -2.47. The predicted molar refractivity (Wildman–Crippen MR) is 105 cm³/mol. The minimum atomic E-state index is 0.772. The molecule has 0 saturated carbocycles. The first-order valence-electron chi connectivity index (χ1n) is 9.16. The van der Waals surface area contributed by atoms with Crippen molar-refractivity contribution < 1.29 is 0 Å². The van der Waals surface area contributed by atoms with Gasteiger partial charge >= 0.3 is 0 Å². The van der Waals surface area contributed by atoms with Gasteiger partial charge in [-0.25, -0.2) is 24.6 Å². The third-order valence-corrected chi connectivity index (χ3v) is 5.01. The number of aryl methyl sites for hydroxylation is 2. The van der Waals surface area contributed by atoms with E-state index in [1.165, 1.54) is 0 Å². The molecular weight excluding hydrogens is 356 g/mol. The average Bonchev–Trinajstić information content (AvgIpc) is 3.34. The quantitative estimate of drug-likeness (QED) is 0.522. The first kappa shape index (κ1) is 16.6. The number of piperazine rings is 1. The molecule has 1 fully saturated rings. The third-order valence-electron chi connectivity index (χ3n) is 5.01. The van der Waals surface area contributed by atoms with E-state index in [0.29, 0.717) is 0 Å². The van der Waals surface area contributed by atoms with E-state index in [1.54, 1.807) is 22.0 Å². The van der Waals surface area contributed by atoms with Crippen LogP contribution >= 0.6 is 0 Å². The molecule has 0 N–H and O–H groups in total. The van der Waals surface area contributed by atoms with Crippen LogP contribution in [0.1, 0.15) is 5.69 Å². The molecule has 0 atom stereocenters. The molecule has 0 aliphatic carbocycles. The number of rotatable bonds is 3. The van der Waals surface area contributed by atoms with Gasteiger partial charge < -0.3 is 9.80 Å². The van der Waals surface area contributed by atoms with Crippen molar-refractivity contribution in [1.29, 1.82) is 0 Å². The fraction of sp³-hybridized carbons (Fsp3) is 0.333. The van der Waals surface area contributed by atoms with E-state index in [9.17, 15) is 0 Å². The molecule has 4 aromatic heterocycles. The molecule has 1 aliphatic rings. The van der Waals surface area contributed by atoms with Gasteiger partial charge in [-0.2, -0.15) is 10.2 Å². The Bertz CT molecular complexity index is 1120. The first-order chi connectivity index (χ1) is 13.7. The van der Waals surface area contributed by atoms with Crippen LogP contribution in [-0.2, 0) is 7.05 Å². The molecule has 1 saturated heterocycles. The van der Waals surface area contributed by atoms with Crippen LogP contribution in [0.25, 0.3) is 16.9 Å². The summed E-state index contributed by atoms with van der Waals surface area (Å²) in [6.07, 6.45) is 6.94. The smallest absolute Gasteiger partial charge is 0.163 e. The van der Waals surface area contributed by atoms with Gasteiger partial charge in [-0.1, -0.05) is 0 Å². The van der Waals surface area contributed by atoms with Crippen molar-refractivity contribution in [2.24, 2.45) is 7.05 Å². The monoisotopic (exact) mass is 376 g/mol. The summed E-state index contributed by atoms with van der Waals surface area (Å²) in [7, 11) is 1.89. The number of anilines is 2. The maximum absolute atomic E-state index is 4.50. The fourth-order valence-electron chi connectivity index (χ4n) is 3.53. The van der Waals surface area contributed by atoms with Gasteiger partial charge in [-0.05, 0) is 13.0 Å². The van der Waals surface area contributed by atoms with Gasteiger partial charge in [0.05, 0.1) is 17.3 Å². The van der Waals surface area contributed by atoms with E-state index in [1.807, 2.05) is 38.5 Å². The summed E-state index contributed by atoms with van der Waals surface area (Å²) in [6.45, 7) is 5.35. The maximum Gasteiger partial charge on any atom is 0.163 e. The SMILES string of the molecule is Cc1ccn(-c2cc(N3CCN(c4ncnc5c4cnn5C)CC3)ncn2)n1. The summed E-state index contributed by atoms with van der Waals surface area (Å²) < 4.78 is 3.55. The molecule has 4 aromatic rings. The van der Waals surface area contributed by atoms with Gasteiger partial charge in [-0.15, -0.1) is 0 Å².